The zero-order valence-corrected chi connectivity index (χ0v) is 20.9. The van der Waals surface area contributed by atoms with Crippen LogP contribution in [0.4, 0.5) is 5.69 Å². The number of aliphatic hydroxyl groups is 1. The van der Waals surface area contributed by atoms with Gasteiger partial charge in [-0.15, -0.1) is 0 Å². The number of likely N-dealkylation sites (tertiary alicyclic amines) is 1. The molecule has 8 nitrogen and oxygen atoms in total. The monoisotopic (exact) mass is 499 g/mol. The van der Waals surface area contributed by atoms with Crippen LogP contribution in [0, 0.1) is 18.8 Å². The molecule has 1 spiro atoms. The van der Waals surface area contributed by atoms with Crippen LogP contribution in [-0.4, -0.2) is 83.2 Å². The molecular formula is C26H30ClN3O5. The zero-order valence-electron chi connectivity index (χ0n) is 20.1. The third-order valence-corrected chi connectivity index (χ3v) is 8.08. The predicted octanol–water partition coefficient (Wildman–Crippen LogP) is 1.93. The van der Waals surface area contributed by atoms with Crippen molar-refractivity contribution in [1.82, 2.24) is 9.80 Å². The van der Waals surface area contributed by atoms with Gasteiger partial charge in [0.1, 0.15) is 11.6 Å². The summed E-state index contributed by atoms with van der Waals surface area (Å²) in [5, 5.41) is 9.95. The summed E-state index contributed by atoms with van der Waals surface area (Å²) in [7, 11) is 1.71. The summed E-state index contributed by atoms with van der Waals surface area (Å²) < 4.78 is 6.72. The van der Waals surface area contributed by atoms with Crippen LogP contribution in [0.25, 0.3) is 0 Å². The maximum Gasteiger partial charge on any atom is 0.253 e. The average molecular weight is 500 g/mol. The molecule has 5 rings (SSSR count). The van der Waals surface area contributed by atoms with E-state index in [1.54, 1.807) is 22.9 Å². The molecule has 4 aliphatic heterocycles. The van der Waals surface area contributed by atoms with E-state index in [-0.39, 0.29) is 37.4 Å². The number of hydrogen-bond donors (Lipinski definition) is 1. The number of fused-ring (bicyclic) bond motifs is 2. The van der Waals surface area contributed by atoms with Gasteiger partial charge in [0.05, 0.1) is 28.1 Å². The highest BCUT2D eigenvalue weighted by molar-refractivity contribution is 6.34. The lowest BCUT2D eigenvalue weighted by atomic mass is 9.74. The fraction of sp³-hybridized carbons (Fsp3) is 0.500. The Kier molecular flexibility index (Phi) is 5.81. The minimum absolute atomic E-state index is 0.127. The standard InChI is InChI=1S/C26H30ClN3O5/c1-16-8-4-9-17(27)20(16)29-13-6-11-26-19(23(33)30(14-7-15-31)21(26)24(29)34)18-22(32)28(3)12-5-10-25(18,2)35-26/h4-6,8-11,18-19,21,31H,7,12-15H2,1-3H3/t18-,19-,21?,25+,26-/m0/s1. The van der Waals surface area contributed by atoms with E-state index in [9.17, 15) is 19.5 Å². The fourth-order valence-corrected chi connectivity index (χ4v) is 6.61. The number of aryl methyl sites for hydroxylation is 1. The Labute approximate surface area is 209 Å². The summed E-state index contributed by atoms with van der Waals surface area (Å²) >= 11 is 6.54. The Morgan fingerprint density at radius 3 is 2.54 bits per heavy atom. The minimum Gasteiger partial charge on any atom is -0.396 e. The van der Waals surface area contributed by atoms with E-state index in [1.165, 1.54) is 4.90 Å². The Hall–Kier alpha value is -2.68. The summed E-state index contributed by atoms with van der Waals surface area (Å²) in [6.07, 6.45) is 7.68. The number of carbonyl (C=O) groups excluding carboxylic acids is 3. The van der Waals surface area contributed by atoms with E-state index in [2.05, 4.69) is 0 Å². The Morgan fingerprint density at radius 2 is 1.83 bits per heavy atom. The first-order valence-electron chi connectivity index (χ1n) is 11.9. The van der Waals surface area contributed by atoms with Crippen LogP contribution in [0.3, 0.4) is 0 Å². The van der Waals surface area contributed by atoms with Crippen molar-refractivity contribution < 1.29 is 24.2 Å². The number of para-hydroxylation sites is 1. The van der Waals surface area contributed by atoms with E-state index in [0.29, 0.717) is 23.7 Å². The SMILES string of the molecule is Cc1cccc(Cl)c1N1CC=C[C@]23O[C@]4(C)C=CCN(C)C(=O)[C@@H]4[C@H]2C(=O)N(CCCO)C3C1=O. The quantitative estimate of drug-likeness (QED) is 0.639. The minimum atomic E-state index is -1.31. The number of ether oxygens (including phenoxy) is 1. The second-order valence-electron chi connectivity index (χ2n) is 9.98. The highest BCUT2D eigenvalue weighted by Gasteiger charge is 2.74. The van der Waals surface area contributed by atoms with Crippen molar-refractivity contribution in [2.45, 2.75) is 37.5 Å². The maximum atomic E-state index is 14.3. The molecule has 1 unspecified atom stereocenters. The smallest absolute Gasteiger partial charge is 0.253 e. The molecule has 0 radical (unpaired) electrons. The van der Waals surface area contributed by atoms with Gasteiger partial charge in [-0.2, -0.15) is 0 Å². The number of rotatable bonds is 4. The van der Waals surface area contributed by atoms with Crippen molar-refractivity contribution in [3.8, 4) is 0 Å². The number of benzene rings is 1. The lowest BCUT2D eigenvalue weighted by Gasteiger charge is -2.37. The second kappa shape index (κ2) is 8.47. The molecule has 3 amide bonds. The van der Waals surface area contributed by atoms with Crippen LogP contribution in [0.5, 0.6) is 0 Å². The number of amides is 3. The molecule has 9 heteroatoms. The van der Waals surface area contributed by atoms with Gasteiger partial charge >= 0.3 is 0 Å². The van der Waals surface area contributed by atoms with Crippen LogP contribution in [-0.2, 0) is 19.1 Å². The van der Waals surface area contributed by atoms with Gasteiger partial charge in [-0.3, -0.25) is 14.4 Å². The van der Waals surface area contributed by atoms with Crippen molar-refractivity contribution in [2.24, 2.45) is 11.8 Å². The van der Waals surface area contributed by atoms with Crippen LogP contribution < -0.4 is 4.90 Å². The summed E-state index contributed by atoms with van der Waals surface area (Å²) in [6.45, 7) is 4.44. The molecule has 0 aliphatic carbocycles. The van der Waals surface area contributed by atoms with Crippen molar-refractivity contribution in [1.29, 1.82) is 0 Å². The van der Waals surface area contributed by atoms with Gasteiger partial charge in [-0.05, 0) is 31.9 Å². The van der Waals surface area contributed by atoms with E-state index < -0.39 is 29.1 Å². The molecule has 2 fully saturated rings. The summed E-state index contributed by atoms with van der Waals surface area (Å²) in [5.74, 6) is -2.43. The molecule has 1 aromatic carbocycles. The second-order valence-corrected chi connectivity index (χ2v) is 10.4. The molecular weight excluding hydrogens is 470 g/mol. The molecule has 1 N–H and O–H groups in total. The number of carbonyl (C=O) groups is 3. The maximum absolute atomic E-state index is 14.3. The number of anilines is 1. The van der Waals surface area contributed by atoms with Crippen LogP contribution >= 0.6 is 11.6 Å². The molecule has 4 heterocycles. The van der Waals surface area contributed by atoms with Crippen LogP contribution in [0.15, 0.2) is 42.5 Å². The molecule has 0 bridgehead atoms. The average Bonchev–Trinajstić information content (AvgIpc) is 3.08. The van der Waals surface area contributed by atoms with Gasteiger partial charge in [0, 0.05) is 33.3 Å². The molecule has 0 saturated carbocycles. The van der Waals surface area contributed by atoms with Crippen LogP contribution in [0.1, 0.15) is 18.9 Å². The number of halogens is 1. The number of nitrogens with zero attached hydrogens (tertiary/aromatic N) is 3. The molecule has 1 aromatic rings. The highest BCUT2D eigenvalue weighted by Crippen LogP contribution is 2.57. The van der Waals surface area contributed by atoms with E-state index >= 15 is 0 Å². The number of aliphatic hydroxyl groups excluding tert-OH is 1. The third kappa shape index (κ3) is 3.37. The Morgan fingerprint density at radius 1 is 1.09 bits per heavy atom. The van der Waals surface area contributed by atoms with Gasteiger partial charge in [0.15, 0.2) is 0 Å². The normalized spacial score (nSPS) is 34.1. The highest BCUT2D eigenvalue weighted by atomic mass is 35.5. The largest absolute Gasteiger partial charge is 0.396 e. The molecule has 5 atom stereocenters. The van der Waals surface area contributed by atoms with E-state index in [1.807, 2.05) is 50.3 Å². The molecule has 0 aromatic heterocycles. The lowest BCUT2D eigenvalue weighted by molar-refractivity contribution is -0.148. The first kappa shape index (κ1) is 24.0. The van der Waals surface area contributed by atoms with Crippen molar-refractivity contribution in [2.75, 3.05) is 38.2 Å². The molecule has 35 heavy (non-hydrogen) atoms. The van der Waals surface area contributed by atoms with Gasteiger partial charge in [0.25, 0.3) is 5.91 Å². The topological polar surface area (TPSA) is 90.4 Å². The van der Waals surface area contributed by atoms with Gasteiger partial charge in [0.2, 0.25) is 11.8 Å². The predicted molar refractivity (Wildman–Crippen MR) is 131 cm³/mol. The van der Waals surface area contributed by atoms with Gasteiger partial charge < -0.3 is 24.5 Å². The first-order valence-corrected chi connectivity index (χ1v) is 12.3. The van der Waals surface area contributed by atoms with Gasteiger partial charge in [-0.1, -0.05) is 48.0 Å². The lowest BCUT2D eigenvalue weighted by Crippen LogP contribution is -2.56. The summed E-state index contributed by atoms with van der Waals surface area (Å²) in [6, 6.07) is 4.45. The van der Waals surface area contributed by atoms with Gasteiger partial charge in [-0.25, -0.2) is 0 Å². The number of likely N-dealkylation sites (N-methyl/N-ethyl adjacent to an activating group) is 1. The molecule has 4 aliphatic rings. The molecule has 186 valence electrons. The zero-order chi connectivity index (χ0) is 25.1. The fourth-order valence-electron chi connectivity index (χ4n) is 6.29. The first-order chi connectivity index (χ1) is 16.7. The van der Waals surface area contributed by atoms with E-state index in [0.717, 1.165) is 5.56 Å². The van der Waals surface area contributed by atoms with Crippen molar-refractivity contribution >= 4 is 35.0 Å². The van der Waals surface area contributed by atoms with E-state index in [4.69, 9.17) is 16.3 Å². The third-order valence-electron chi connectivity index (χ3n) is 7.77. The molecule has 2 saturated heterocycles. The summed E-state index contributed by atoms with van der Waals surface area (Å²) in [5.41, 5.74) is -0.926. The Bertz CT molecular complexity index is 1130. The Balaban J connectivity index is 1.67. The van der Waals surface area contributed by atoms with Crippen LogP contribution in [0.2, 0.25) is 5.02 Å². The number of hydrogen-bond acceptors (Lipinski definition) is 5. The van der Waals surface area contributed by atoms with Crippen molar-refractivity contribution in [3.05, 3.63) is 53.1 Å². The van der Waals surface area contributed by atoms with Crippen molar-refractivity contribution in [3.63, 3.8) is 0 Å². The summed E-state index contributed by atoms with van der Waals surface area (Å²) in [4.78, 5) is 46.5.